The van der Waals surface area contributed by atoms with Crippen LogP contribution < -0.4 is 10.5 Å². The molecule has 110 valence electrons. The van der Waals surface area contributed by atoms with E-state index >= 15 is 0 Å². The van der Waals surface area contributed by atoms with Crippen LogP contribution in [0.2, 0.25) is 0 Å². The molecular weight excluding hydrogens is 356 g/mol. The summed E-state index contributed by atoms with van der Waals surface area (Å²) < 4.78 is 29.1. The molecule has 0 heterocycles. The zero-order valence-corrected chi connectivity index (χ0v) is 13.5. The number of ether oxygens (including phenoxy) is 1. The second-order valence-electron chi connectivity index (χ2n) is 4.37. The summed E-state index contributed by atoms with van der Waals surface area (Å²) in [5.74, 6) is 0.761. The number of halogens is 1. The van der Waals surface area contributed by atoms with Crippen molar-refractivity contribution in [2.24, 2.45) is 5.73 Å². The average molecular weight is 369 g/mol. The first-order valence-corrected chi connectivity index (χ1v) is 8.58. The molecule has 0 saturated carbocycles. The highest BCUT2D eigenvalue weighted by molar-refractivity contribution is 9.10. The van der Waals surface area contributed by atoms with Gasteiger partial charge in [0, 0.05) is 10.7 Å². The van der Waals surface area contributed by atoms with E-state index < -0.39 is 9.84 Å². The first kappa shape index (κ1) is 15.5. The Hall–Kier alpha value is -1.86. The lowest BCUT2D eigenvalue weighted by molar-refractivity contribution is 0.480. The summed E-state index contributed by atoms with van der Waals surface area (Å²) in [7, 11) is -3.24. The van der Waals surface area contributed by atoms with Crippen molar-refractivity contribution in [3.63, 3.8) is 0 Å². The molecule has 0 aliphatic heterocycles. The van der Waals surface area contributed by atoms with Gasteiger partial charge in [0.15, 0.2) is 9.84 Å². The number of rotatable bonds is 4. The third-order valence-electron chi connectivity index (χ3n) is 2.72. The molecule has 0 fully saturated rings. The zero-order valence-electron chi connectivity index (χ0n) is 11.1. The minimum Gasteiger partial charge on any atom is -0.457 e. The summed E-state index contributed by atoms with van der Waals surface area (Å²) >= 11 is 3.32. The number of nitrogens with one attached hydrogen (secondary N) is 1. The van der Waals surface area contributed by atoms with Gasteiger partial charge in [0.25, 0.3) is 0 Å². The average Bonchev–Trinajstić information content (AvgIpc) is 2.38. The van der Waals surface area contributed by atoms with Gasteiger partial charge in [-0.25, -0.2) is 8.42 Å². The third kappa shape index (κ3) is 3.62. The van der Waals surface area contributed by atoms with E-state index in [1.807, 2.05) is 0 Å². The molecule has 0 aliphatic carbocycles. The van der Waals surface area contributed by atoms with Crippen LogP contribution in [0.1, 0.15) is 5.56 Å². The van der Waals surface area contributed by atoms with Gasteiger partial charge in [-0.3, -0.25) is 5.41 Å². The normalized spacial score (nSPS) is 11.1. The van der Waals surface area contributed by atoms with Crippen LogP contribution in [0.3, 0.4) is 0 Å². The molecule has 5 nitrogen and oxygen atoms in total. The van der Waals surface area contributed by atoms with Gasteiger partial charge in [0.05, 0.1) is 10.5 Å². The molecule has 0 bridgehead atoms. The lowest BCUT2D eigenvalue weighted by Crippen LogP contribution is -2.13. The Morgan fingerprint density at radius 2 is 1.81 bits per heavy atom. The predicted molar refractivity (Wildman–Crippen MR) is 84.8 cm³/mol. The molecule has 0 aromatic heterocycles. The van der Waals surface area contributed by atoms with Gasteiger partial charge in [0.1, 0.15) is 17.3 Å². The fourth-order valence-corrected chi connectivity index (χ4v) is 2.92. The highest BCUT2D eigenvalue weighted by atomic mass is 79.9. The summed E-state index contributed by atoms with van der Waals surface area (Å²) in [4.78, 5) is 0.218. The largest absolute Gasteiger partial charge is 0.457 e. The van der Waals surface area contributed by atoms with Crippen molar-refractivity contribution >= 4 is 31.6 Å². The number of amidine groups is 1. The number of sulfone groups is 1. The summed E-state index contributed by atoms with van der Waals surface area (Å²) in [5.41, 5.74) is 5.99. The van der Waals surface area contributed by atoms with Crippen LogP contribution in [0.5, 0.6) is 11.5 Å². The second-order valence-corrected chi connectivity index (χ2v) is 7.24. The first-order valence-electron chi connectivity index (χ1n) is 5.90. The van der Waals surface area contributed by atoms with Crippen molar-refractivity contribution in [3.8, 4) is 11.5 Å². The van der Waals surface area contributed by atoms with Gasteiger partial charge in [0.2, 0.25) is 0 Å². The van der Waals surface area contributed by atoms with Gasteiger partial charge >= 0.3 is 0 Å². The lowest BCUT2D eigenvalue weighted by atomic mass is 10.2. The van der Waals surface area contributed by atoms with E-state index in [4.69, 9.17) is 15.9 Å². The smallest absolute Gasteiger partial charge is 0.175 e. The molecule has 7 heteroatoms. The monoisotopic (exact) mass is 368 g/mol. The Kier molecular flexibility index (Phi) is 4.34. The first-order chi connectivity index (χ1) is 9.79. The van der Waals surface area contributed by atoms with E-state index in [1.165, 1.54) is 12.1 Å². The maximum Gasteiger partial charge on any atom is 0.175 e. The Labute approximate surface area is 131 Å². The number of benzene rings is 2. The molecule has 0 unspecified atom stereocenters. The zero-order chi connectivity index (χ0) is 15.6. The van der Waals surface area contributed by atoms with Crippen molar-refractivity contribution in [1.82, 2.24) is 0 Å². The van der Waals surface area contributed by atoms with Gasteiger partial charge < -0.3 is 10.5 Å². The summed E-state index contributed by atoms with van der Waals surface area (Å²) in [6, 6.07) is 11.3. The molecule has 0 atom stereocenters. The standard InChI is InChI=1S/C14H13BrN2O3S/c1-21(18,19)10-7-5-9(6-8-10)20-12-4-2-3-11(15)13(12)14(16)17/h2-8H,1H3,(H3,16,17). The highest BCUT2D eigenvalue weighted by Crippen LogP contribution is 2.30. The molecule has 21 heavy (non-hydrogen) atoms. The summed E-state index contributed by atoms with van der Waals surface area (Å²) in [6.45, 7) is 0. The van der Waals surface area contributed by atoms with Gasteiger partial charge in [-0.1, -0.05) is 6.07 Å². The molecule has 0 spiro atoms. The summed E-state index contributed by atoms with van der Waals surface area (Å²) in [6.07, 6.45) is 1.14. The molecule has 3 N–H and O–H groups in total. The van der Waals surface area contributed by atoms with E-state index in [0.717, 1.165) is 6.26 Å². The number of hydrogen-bond acceptors (Lipinski definition) is 4. The Bertz CT molecular complexity index is 786. The lowest BCUT2D eigenvalue weighted by Gasteiger charge is -2.12. The van der Waals surface area contributed by atoms with E-state index in [2.05, 4.69) is 15.9 Å². The van der Waals surface area contributed by atoms with E-state index in [9.17, 15) is 8.42 Å². The second kappa shape index (κ2) is 5.87. The molecule has 0 amide bonds. The van der Waals surface area contributed by atoms with Crippen LogP contribution in [0.15, 0.2) is 51.8 Å². The quantitative estimate of drug-likeness (QED) is 0.640. The van der Waals surface area contributed by atoms with Crippen LogP contribution >= 0.6 is 15.9 Å². The maximum absolute atomic E-state index is 11.4. The van der Waals surface area contributed by atoms with E-state index in [0.29, 0.717) is 21.5 Å². The number of nitrogen functional groups attached to an aromatic ring is 1. The Morgan fingerprint density at radius 1 is 1.19 bits per heavy atom. The highest BCUT2D eigenvalue weighted by Gasteiger charge is 2.12. The van der Waals surface area contributed by atoms with E-state index in [-0.39, 0.29) is 10.7 Å². The third-order valence-corrected chi connectivity index (χ3v) is 4.51. The number of hydrogen-bond donors (Lipinski definition) is 2. The summed E-state index contributed by atoms with van der Waals surface area (Å²) in [5, 5.41) is 7.59. The minimum atomic E-state index is -3.24. The molecule has 0 saturated heterocycles. The molecular formula is C14H13BrN2O3S. The fraction of sp³-hybridized carbons (Fsp3) is 0.0714. The van der Waals surface area contributed by atoms with Crippen molar-refractivity contribution in [3.05, 3.63) is 52.5 Å². The van der Waals surface area contributed by atoms with Crippen molar-refractivity contribution < 1.29 is 13.2 Å². The van der Waals surface area contributed by atoms with Crippen LogP contribution in [0.25, 0.3) is 0 Å². The van der Waals surface area contributed by atoms with Crippen LogP contribution in [-0.2, 0) is 9.84 Å². The van der Waals surface area contributed by atoms with Crippen molar-refractivity contribution in [1.29, 1.82) is 5.41 Å². The predicted octanol–water partition coefficient (Wildman–Crippen LogP) is 2.93. The van der Waals surface area contributed by atoms with Crippen LogP contribution in [-0.4, -0.2) is 20.5 Å². The Balaban J connectivity index is 2.35. The van der Waals surface area contributed by atoms with Crippen molar-refractivity contribution in [2.45, 2.75) is 4.90 Å². The van der Waals surface area contributed by atoms with Gasteiger partial charge in [-0.05, 0) is 52.3 Å². The number of nitrogens with two attached hydrogens (primary N) is 1. The van der Waals surface area contributed by atoms with Crippen molar-refractivity contribution in [2.75, 3.05) is 6.26 Å². The topological polar surface area (TPSA) is 93.2 Å². The minimum absolute atomic E-state index is 0.120. The molecule has 0 aliphatic rings. The van der Waals surface area contributed by atoms with Gasteiger partial charge in [-0.15, -0.1) is 0 Å². The molecule has 2 rings (SSSR count). The maximum atomic E-state index is 11.4. The van der Waals surface area contributed by atoms with Crippen LogP contribution in [0.4, 0.5) is 0 Å². The SMILES string of the molecule is CS(=O)(=O)c1ccc(Oc2cccc(Br)c2C(=N)N)cc1. The molecule has 2 aromatic rings. The molecule has 2 aromatic carbocycles. The van der Waals surface area contributed by atoms with E-state index in [1.54, 1.807) is 30.3 Å². The van der Waals surface area contributed by atoms with Gasteiger partial charge in [-0.2, -0.15) is 0 Å². The molecule has 0 radical (unpaired) electrons. The fourth-order valence-electron chi connectivity index (χ4n) is 1.73. The Morgan fingerprint density at radius 3 is 2.33 bits per heavy atom. The van der Waals surface area contributed by atoms with Crippen LogP contribution in [0, 0.1) is 5.41 Å².